The third kappa shape index (κ3) is 2.71. The zero-order valence-electron chi connectivity index (χ0n) is 14.4. The molecular weight excluding hydrogens is 322 g/mol. The van der Waals surface area contributed by atoms with Crippen LogP contribution < -0.4 is 0 Å². The van der Waals surface area contributed by atoms with Crippen LogP contribution in [0.3, 0.4) is 0 Å². The van der Waals surface area contributed by atoms with Gasteiger partial charge in [0.05, 0.1) is 12.2 Å². The predicted octanol–water partition coefficient (Wildman–Crippen LogP) is 1.28. The molecule has 8 nitrogen and oxygen atoms in total. The van der Waals surface area contributed by atoms with E-state index in [9.17, 15) is 9.59 Å². The first-order chi connectivity index (χ1) is 12.0. The molecule has 1 atom stereocenters. The highest BCUT2D eigenvalue weighted by Crippen LogP contribution is 2.41. The van der Waals surface area contributed by atoms with Gasteiger partial charge in [-0.15, -0.1) is 0 Å². The predicted molar refractivity (Wildman–Crippen MR) is 87.6 cm³/mol. The molecule has 0 bridgehead atoms. The number of amides is 2. The largest absolute Gasteiger partial charge is 0.361 e. The molecule has 0 aromatic carbocycles. The van der Waals surface area contributed by atoms with Crippen molar-refractivity contribution in [3.63, 3.8) is 0 Å². The minimum Gasteiger partial charge on any atom is -0.361 e. The van der Waals surface area contributed by atoms with Crippen LogP contribution in [0.5, 0.6) is 0 Å². The quantitative estimate of drug-likeness (QED) is 0.906. The van der Waals surface area contributed by atoms with Gasteiger partial charge in [-0.05, 0) is 26.3 Å². The highest BCUT2D eigenvalue weighted by Gasteiger charge is 2.48. The van der Waals surface area contributed by atoms with E-state index >= 15 is 0 Å². The van der Waals surface area contributed by atoms with Crippen molar-refractivity contribution in [2.45, 2.75) is 33.2 Å². The molecular formula is C17H21N5O3. The van der Waals surface area contributed by atoms with Gasteiger partial charge in [0.25, 0.3) is 5.91 Å². The van der Waals surface area contributed by atoms with Crippen LogP contribution in [0.25, 0.3) is 0 Å². The first-order valence-electron chi connectivity index (χ1n) is 8.46. The van der Waals surface area contributed by atoms with Crippen LogP contribution in [0.4, 0.5) is 0 Å². The Hall–Kier alpha value is -2.64. The number of aryl methyl sites for hydroxylation is 2. The Morgan fingerprint density at radius 2 is 2.24 bits per heavy atom. The number of nitrogens with zero attached hydrogens (tertiary/aromatic N) is 4. The summed E-state index contributed by atoms with van der Waals surface area (Å²) in [5, 5.41) is 10.5. The minimum absolute atomic E-state index is 0.0500. The van der Waals surface area contributed by atoms with E-state index in [0.717, 1.165) is 23.4 Å². The van der Waals surface area contributed by atoms with Crippen LogP contribution in [0.2, 0.25) is 0 Å². The summed E-state index contributed by atoms with van der Waals surface area (Å²) in [6, 6.07) is 1.68. The molecule has 2 aromatic rings. The molecule has 0 radical (unpaired) electrons. The van der Waals surface area contributed by atoms with E-state index in [0.29, 0.717) is 38.3 Å². The molecule has 132 valence electrons. The Morgan fingerprint density at radius 1 is 1.40 bits per heavy atom. The number of carbonyl (C=O) groups is 2. The van der Waals surface area contributed by atoms with Gasteiger partial charge in [0, 0.05) is 43.2 Å². The molecule has 4 heterocycles. The molecule has 2 fully saturated rings. The lowest BCUT2D eigenvalue weighted by atomic mass is 9.86. The van der Waals surface area contributed by atoms with E-state index in [2.05, 4.69) is 15.4 Å². The summed E-state index contributed by atoms with van der Waals surface area (Å²) in [7, 11) is 0. The summed E-state index contributed by atoms with van der Waals surface area (Å²) in [5.74, 6) is 0.843. The summed E-state index contributed by atoms with van der Waals surface area (Å²) in [6.45, 7) is 6.23. The Kier molecular flexibility index (Phi) is 3.63. The van der Waals surface area contributed by atoms with E-state index < -0.39 is 0 Å². The average Bonchev–Trinajstić information content (AvgIpc) is 3.34. The highest BCUT2D eigenvalue weighted by molar-refractivity contribution is 5.92. The second-order valence-corrected chi connectivity index (χ2v) is 7.18. The Bertz CT molecular complexity index is 793. The van der Waals surface area contributed by atoms with E-state index in [1.165, 1.54) is 0 Å². The van der Waals surface area contributed by atoms with Crippen molar-refractivity contribution in [1.82, 2.24) is 25.2 Å². The van der Waals surface area contributed by atoms with Crippen molar-refractivity contribution < 1.29 is 14.1 Å². The molecule has 2 aliphatic heterocycles. The summed E-state index contributed by atoms with van der Waals surface area (Å²) >= 11 is 0. The number of rotatable bonds is 3. The number of hydrogen-bond acceptors (Lipinski definition) is 5. The van der Waals surface area contributed by atoms with Gasteiger partial charge in [0.2, 0.25) is 5.91 Å². The summed E-state index contributed by atoms with van der Waals surface area (Å²) in [6.07, 6.45) is 2.91. The highest BCUT2D eigenvalue weighted by atomic mass is 16.5. The first-order valence-corrected chi connectivity index (χ1v) is 8.46. The van der Waals surface area contributed by atoms with E-state index in [1.807, 2.05) is 23.6 Å². The Labute approximate surface area is 145 Å². The number of hydrogen-bond donors (Lipinski definition) is 1. The molecule has 2 aliphatic rings. The van der Waals surface area contributed by atoms with Crippen LogP contribution >= 0.6 is 0 Å². The minimum atomic E-state index is -0.147. The smallest absolute Gasteiger partial charge is 0.271 e. The van der Waals surface area contributed by atoms with Crippen molar-refractivity contribution in [1.29, 1.82) is 0 Å². The lowest BCUT2D eigenvalue weighted by molar-refractivity contribution is -0.128. The van der Waals surface area contributed by atoms with Crippen LogP contribution in [-0.2, 0) is 11.3 Å². The summed E-state index contributed by atoms with van der Waals surface area (Å²) in [4.78, 5) is 28.7. The van der Waals surface area contributed by atoms with Crippen LogP contribution in [0.1, 0.15) is 40.3 Å². The van der Waals surface area contributed by atoms with Crippen molar-refractivity contribution in [3.05, 3.63) is 35.0 Å². The molecule has 1 N–H and O–H groups in total. The topological polar surface area (TPSA) is 95.3 Å². The monoisotopic (exact) mass is 343 g/mol. The van der Waals surface area contributed by atoms with Crippen molar-refractivity contribution in [2.24, 2.45) is 5.41 Å². The van der Waals surface area contributed by atoms with Crippen LogP contribution in [-0.4, -0.2) is 56.6 Å². The number of carbonyl (C=O) groups excluding carboxylic acids is 2. The maximum atomic E-state index is 12.5. The second kappa shape index (κ2) is 5.72. The van der Waals surface area contributed by atoms with Gasteiger partial charge in [-0.2, -0.15) is 5.10 Å². The van der Waals surface area contributed by atoms with Crippen molar-refractivity contribution in [3.8, 4) is 0 Å². The Morgan fingerprint density at radius 3 is 2.92 bits per heavy atom. The number of likely N-dealkylation sites (tertiary alicyclic amines) is 2. The lowest BCUT2D eigenvalue weighted by Gasteiger charge is -2.24. The summed E-state index contributed by atoms with van der Waals surface area (Å²) < 4.78 is 5.20. The van der Waals surface area contributed by atoms with Gasteiger partial charge < -0.3 is 14.3 Å². The van der Waals surface area contributed by atoms with E-state index in [4.69, 9.17) is 4.52 Å². The molecule has 1 spiro atoms. The van der Waals surface area contributed by atoms with E-state index in [1.54, 1.807) is 12.3 Å². The van der Waals surface area contributed by atoms with Gasteiger partial charge in [0.15, 0.2) is 0 Å². The van der Waals surface area contributed by atoms with Gasteiger partial charge in [0.1, 0.15) is 11.5 Å². The maximum Gasteiger partial charge on any atom is 0.271 e. The van der Waals surface area contributed by atoms with E-state index in [-0.39, 0.29) is 17.2 Å². The maximum absolute atomic E-state index is 12.5. The van der Waals surface area contributed by atoms with Crippen LogP contribution in [0.15, 0.2) is 16.8 Å². The molecule has 0 aliphatic carbocycles. The van der Waals surface area contributed by atoms with Crippen molar-refractivity contribution in [2.75, 3.05) is 19.6 Å². The zero-order chi connectivity index (χ0) is 17.6. The molecule has 2 amide bonds. The molecule has 8 heteroatoms. The number of aromatic nitrogens is 3. The fourth-order valence-electron chi connectivity index (χ4n) is 3.97. The summed E-state index contributed by atoms with van der Waals surface area (Å²) in [5.41, 5.74) is 2.16. The lowest BCUT2D eigenvalue weighted by Crippen LogP contribution is -2.34. The fourth-order valence-corrected chi connectivity index (χ4v) is 3.97. The molecule has 2 saturated heterocycles. The first kappa shape index (κ1) is 15.9. The third-order valence-corrected chi connectivity index (χ3v) is 5.39. The molecule has 0 saturated carbocycles. The third-order valence-electron chi connectivity index (χ3n) is 5.39. The number of aromatic amines is 1. The molecule has 1 unspecified atom stereocenters. The van der Waals surface area contributed by atoms with Gasteiger partial charge in [-0.1, -0.05) is 5.16 Å². The standard InChI is InChI=1S/C17H21N5O3/c1-11-13(12(2)25-20-11)8-22-10-17(7-15(22)23)4-6-21(9-17)16(24)14-3-5-18-19-14/h3,5H,4,6-10H2,1-2H3,(H,18,19). The second-order valence-electron chi connectivity index (χ2n) is 7.18. The van der Waals surface area contributed by atoms with Gasteiger partial charge in [-0.25, -0.2) is 0 Å². The van der Waals surface area contributed by atoms with Gasteiger partial charge >= 0.3 is 0 Å². The zero-order valence-corrected chi connectivity index (χ0v) is 14.4. The van der Waals surface area contributed by atoms with Crippen molar-refractivity contribution >= 4 is 11.8 Å². The number of nitrogens with one attached hydrogen (secondary N) is 1. The van der Waals surface area contributed by atoms with Gasteiger partial charge in [-0.3, -0.25) is 14.7 Å². The Balaban J connectivity index is 1.46. The molecule has 4 rings (SSSR count). The molecule has 25 heavy (non-hydrogen) atoms. The normalized spacial score (nSPS) is 23.2. The molecule has 2 aromatic heterocycles. The number of H-pyrrole nitrogens is 1. The fraction of sp³-hybridized carbons (Fsp3) is 0.529. The SMILES string of the molecule is Cc1noc(C)c1CN1CC2(CCN(C(=O)c3ccn[nH]3)C2)CC1=O. The van der Waals surface area contributed by atoms with Crippen LogP contribution in [0, 0.1) is 19.3 Å². The average molecular weight is 343 g/mol.